The summed E-state index contributed by atoms with van der Waals surface area (Å²) in [6.07, 6.45) is 3.44. The van der Waals surface area contributed by atoms with Gasteiger partial charge in [-0.15, -0.1) is 0 Å². The van der Waals surface area contributed by atoms with Gasteiger partial charge in [0.2, 0.25) is 0 Å². The first kappa shape index (κ1) is 18.1. The lowest BCUT2D eigenvalue weighted by atomic mass is 10.0. The molecule has 1 unspecified atom stereocenters. The average Bonchev–Trinajstić information content (AvgIpc) is 3.18. The quantitative estimate of drug-likeness (QED) is 0.735. The molecule has 0 fully saturated rings. The van der Waals surface area contributed by atoms with E-state index in [2.05, 4.69) is 31.2 Å². The van der Waals surface area contributed by atoms with E-state index < -0.39 is 0 Å². The summed E-state index contributed by atoms with van der Waals surface area (Å²) in [6, 6.07) is 15.1. The summed E-state index contributed by atoms with van der Waals surface area (Å²) in [4.78, 5) is 15.2. The molecule has 1 aromatic heterocycles. The molecule has 1 aliphatic heterocycles. The zero-order valence-corrected chi connectivity index (χ0v) is 16.5. The number of rotatable bonds is 3. The van der Waals surface area contributed by atoms with Crippen LogP contribution in [-0.4, -0.2) is 22.8 Å². The number of carbonyl (C=O) groups excluding carboxylic acids is 1. The number of fused-ring (bicyclic) bond motifs is 1. The number of nitrogens with one attached hydrogen (secondary N) is 1. The zero-order chi connectivity index (χ0) is 19.9. The van der Waals surface area contributed by atoms with Gasteiger partial charge in [-0.25, -0.2) is 0 Å². The van der Waals surface area contributed by atoms with Crippen molar-refractivity contribution in [3.8, 4) is 5.75 Å². The van der Waals surface area contributed by atoms with Crippen LogP contribution >= 0.6 is 0 Å². The topological polar surface area (TPSA) is 59.4 Å². The van der Waals surface area contributed by atoms with Crippen LogP contribution in [0.4, 0.5) is 11.4 Å². The molecule has 1 N–H and O–H groups in total. The molecule has 1 aliphatic rings. The Labute approximate surface area is 164 Å². The Morgan fingerprint density at radius 2 is 1.89 bits per heavy atom. The Balaban J connectivity index is 1.83. The number of ether oxygens (including phenoxy) is 1. The fourth-order valence-electron chi connectivity index (χ4n) is 3.36. The van der Waals surface area contributed by atoms with Crippen LogP contribution in [0.5, 0.6) is 5.75 Å². The second-order valence-electron chi connectivity index (χ2n) is 7.86. The molecule has 0 aliphatic carbocycles. The molecule has 2 aromatic carbocycles. The number of benzene rings is 2. The smallest absolute Gasteiger partial charge is 0.262 e. The van der Waals surface area contributed by atoms with E-state index >= 15 is 0 Å². The molecule has 144 valence electrons. The van der Waals surface area contributed by atoms with Gasteiger partial charge in [0.05, 0.1) is 30.1 Å². The molecule has 4 rings (SSSR count). The van der Waals surface area contributed by atoms with E-state index in [1.165, 1.54) is 0 Å². The fraction of sp³-hybridized carbons (Fsp3) is 0.273. The van der Waals surface area contributed by atoms with Gasteiger partial charge in [-0.3, -0.25) is 14.4 Å². The molecular formula is C22H24N4O2. The summed E-state index contributed by atoms with van der Waals surface area (Å²) in [5.41, 5.74) is 3.00. The van der Waals surface area contributed by atoms with Crippen LogP contribution in [0.2, 0.25) is 0 Å². The third-order valence-corrected chi connectivity index (χ3v) is 4.86. The normalized spacial score (nSPS) is 16.5. The Morgan fingerprint density at radius 3 is 2.61 bits per heavy atom. The molecule has 2 heterocycles. The highest BCUT2D eigenvalue weighted by Crippen LogP contribution is 2.37. The first-order chi connectivity index (χ1) is 13.4. The van der Waals surface area contributed by atoms with E-state index in [1.54, 1.807) is 12.0 Å². The third-order valence-electron chi connectivity index (χ3n) is 4.86. The Hall–Kier alpha value is -3.28. The van der Waals surface area contributed by atoms with E-state index in [0.29, 0.717) is 11.3 Å². The third kappa shape index (κ3) is 3.11. The number of para-hydroxylation sites is 1. The van der Waals surface area contributed by atoms with Crippen molar-refractivity contribution in [2.75, 3.05) is 17.3 Å². The summed E-state index contributed by atoms with van der Waals surface area (Å²) in [5, 5.41) is 8.02. The van der Waals surface area contributed by atoms with E-state index in [9.17, 15) is 4.79 Å². The van der Waals surface area contributed by atoms with Gasteiger partial charge < -0.3 is 10.1 Å². The van der Waals surface area contributed by atoms with Crippen molar-refractivity contribution in [2.24, 2.45) is 0 Å². The molecule has 1 atom stereocenters. The van der Waals surface area contributed by atoms with Gasteiger partial charge in [0.15, 0.2) is 0 Å². The highest BCUT2D eigenvalue weighted by Gasteiger charge is 2.35. The summed E-state index contributed by atoms with van der Waals surface area (Å²) in [7, 11) is 1.62. The minimum atomic E-state index is -0.370. The lowest BCUT2D eigenvalue weighted by Gasteiger charge is -2.37. The molecule has 28 heavy (non-hydrogen) atoms. The summed E-state index contributed by atoms with van der Waals surface area (Å²) >= 11 is 0. The first-order valence-electron chi connectivity index (χ1n) is 9.27. The summed E-state index contributed by atoms with van der Waals surface area (Å²) in [6.45, 7) is 6.29. The van der Waals surface area contributed by atoms with Gasteiger partial charge >= 0.3 is 0 Å². The minimum Gasteiger partial charge on any atom is -0.497 e. The van der Waals surface area contributed by atoms with E-state index in [0.717, 1.165) is 16.9 Å². The van der Waals surface area contributed by atoms with Gasteiger partial charge in [0.1, 0.15) is 11.9 Å². The number of carbonyl (C=O) groups is 1. The molecule has 1 amide bonds. The van der Waals surface area contributed by atoms with Crippen LogP contribution in [0.1, 0.15) is 42.9 Å². The lowest BCUT2D eigenvalue weighted by molar-refractivity contribution is 0.0975. The van der Waals surface area contributed by atoms with Crippen LogP contribution in [-0.2, 0) is 5.54 Å². The highest BCUT2D eigenvalue weighted by molar-refractivity contribution is 6.12. The van der Waals surface area contributed by atoms with Crippen molar-refractivity contribution in [3.05, 3.63) is 72.1 Å². The maximum Gasteiger partial charge on any atom is 0.262 e. The van der Waals surface area contributed by atoms with Crippen LogP contribution in [0.15, 0.2) is 60.9 Å². The van der Waals surface area contributed by atoms with Gasteiger partial charge in [0, 0.05) is 23.5 Å². The second kappa shape index (κ2) is 6.71. The molecule has 6 heteroatoms. The number of hydrogen-bond acceptors (Lipinski definition) is 4. The monoisotopic (exact) mass is 376 g/mol. The van der Waals surface area contributed by atoms with Gasteiger partial charge in [-0.1, -0.05) is 18.2 Å². The van der Waals surface area contributed by atoms with Crippen molar-refractivity contribution in [2.45, 2.75) is 32.5 Å². The molecule has 0 radical (unpaired) electrons. The number of aromatic nitrogens is 2. The zero-order valence-electron chi connectivity index (χ0n) is 16.5. The Bertz CT molecular complexity index is 1020. The Kier molecular flexibility index (Phi) is 4.34. The highest BCUT2D eigenvalue weighted by atomic mass is 16.5. The van der Waals surface area contributed by atoms with Crippen LogP contribution in [0.25, 0.3) is 0 Å². The molecular weight excluding hydrogens is 352 g/mol. The van der Waals surface area contributed by atoms with E-state index in [1.807, 2.05) is 65.6 Å². The maximum absolute atomic E-state index is 13.4. The van der Waals surface area contributed by atoms with Crippen molar-refractivity contribution < 1.29 is 9.53 Å². The second-order valence-corrected chi connectivity index (χ2v) is 7.86. The molecule has 0 bridgehead atoms. The first-order valence-corrected chi connectivity index (χ1v) is 9.27. The van der Waals surface area contributed by atoms with Crippen molar-refractivity contribution >= 4 is 17.3 Å². The number of anilines is 2. The van der Waals surface area contributed by atoms with Crippen molar-refractivity contribution in [1.29, 1.82) is 0 Å². The van der Waals surface area contributed by atoms with Crippen LogP contribution in [0.3, 0.4) is 0 Å². The lowest BCUT2D eigenvalue weighted by Crippen LogP contribution is -2.43. The average molecular weight is 376 g/mol. The predicted octanol–water partition coefficient (Wildman–Crippen LogP) is 4.42. The van der Waals surface area contributed by atoms with Crippen LogP contribution < -0.4 is 15.0 Å². The molecule has 0 spiro atoms. The Morgan fingerprint density at radius 1 is 1.11 bits per heavy atom. The van der Waals surface area contributed by atoms with Crippen LogP contribution in [0, 0.1) is 0 Å². The molecule has 6 nitrogen and oxygen atoms in total. The van der Waals surface area contributed by atoms with Gasteiger partial charge in [0.25, 0.3) is 5.91 Å². The number of amides is 1. The van der Waals surface area contributed by atoms with E-state index in [4.69, 9.17) is 4.74 Å². The van der Waals surface area contributed by atoms with Gasteiger partial charge in [-0.05, 0) is 45.0 Å². The van der Waals surface area contributed by atoms with Crippen molar-refractivity contribution in [3.63, 3.8) is 0 Å². The van der Waals surface area contributed by atoms with Gasteiger partial charge in [-0.2, -0.15) is 5.10 Å². The predicted molar refractivity (Wildman–Crippen MR) is 110 cm³/mol. The number of methoxy groups -OCH3 is 1. The van der Waals surface area contributed by atoms with Crippen molar-refractivity contribution in [1.82, 2.24) is 9.78 Å². The summed E-state index contributed by atoms with van der Waals surface area (Å²) < 4.78 is 7.28. The molecule has 3 aromatic rings. The molecule has 0 saturated carbocycles. The maximum atomic E-state index is 13.4. The minimum absolute atomic E-state index is 0.0592. The number of nitrogens with zero attached hydrogens (tertiary/aromatic N) is 3. The summed E-state index contributed by atoms with van der Waals surface area (Å²) in [5.74, 6) is 0.643. The standard InChI is InChI=1S/C22H24N4O2/c1-22(2,3)25-14-15(13-23-25)20-24-19-11-6-5-10-18(19)21(27)26(20)16-8-7-9-17(12-16)28-4/h5-14,20,24H,1-4H3. The van der Waals surface area contributed by atoms with E-state index in [-0.39, 0.29) is 17.6 Å². The largest absolute Gasteiger partial charge is 0.497 e. The molecule has 0 saturated heterocycles. The SMILES string of the molecule is COc1cccc(N2C(=O)c3ccccc3NC2c2cnn(C(C)(C)C)c2)c1. The fourth-order valence-corrected chi connectivity index (χ4v) is 3.36. The number of hydrogen-bond donors (Lipinski definition) is 1.